The second-order valence-electron chi connectivity index (χ2n) is 7.85. The molecule has 3 aromatic heterocycles. The van der Waals surface area contributed by atoms with E-state index in [9.17, 15) is 9.18 Å². The van der Waals surface area contributed by atoms with Gasteiger partial charge in [0.2, 0.25) is 0 Å². The summed E-state index contributed by atoms with van der Waals surface area (Å²) in [5.41, 5.74) is 2.54. The van der Waals surface area contributed by atoms with Crippen molar-refractivity contribution in [3.05, 3.63) is 77.9 Å². The van der Waals surface area contributed by atoms with Crippen LogP contribution in [-0.2, 0) is 7.05 Å². The van der Waals surface area contributed by atoms with Crippen LogP contribution in [0, 0.1) is 12.7 Å². The zero-order valence-corrected chi connectivity index (χ0v) is 17.2. The first-order valence-electron chi connectivity index (χ1n) is 10.1. The lowest BCUT2D eigenvalue weighted by atomic mass is 10.0. The first-order valence-corrected chi connectivity index (χ1v) is 10.1. The third-order valence-electron chi connectivity index (χ3n) is 5.71. The van der Waals surface area contributed by atoms with Crippen molar-refractivity contribution in [2.24, 2.45) is 7.05 Å². The molecule has 1 aromatic carbocycles. The molecule has 1 fully saturated rings. The summed E-state index contributed by atoms with van der Waals surface area (Å²) in [6.07, 6.45) is 5.73. The Bertz CT molecular complexity index is 1260. The van der Waals surface area contributed by atoms with Crippen LogP contribution in [0.15, 0.2) is 55.0 Å². The van der Waals surface area contributed by atoms with Crippen molar-refractivity contribution in [3.8, 4) is 0 Å². The Morgan fingerprint density at radius 3 is 2.87 bits per heavy atom. The average molecular weight is 419 g/mol. The van der Waals surface area contributed by atoms with Crippen LogP contribution in [0.4, 0.5) is 10.2 Å². The number of carbonyl (C=O) groups excluding carboxylic acids is 1. The molecule has 0 bridgehead atoms. The van der Waals surface area contributed by atoms with Gasteiger partial charge in [-0.25, -0.2) is 18.9 Å². The lowest BCUT2D eigenvalue weighted by molar-refractivity contribution is 0.0926. The summed E-state index contributed by atoms with van der Waals surface area (Å²) in [4.78, 5) is 23.3. The number of hydrogen-bond donors (Lipinski definition) is 1. The van der Waals surface area contributed by atoms with E-state index in [4.69, 9.17) is 5.10 Å². The number of imidazole rings is 2. The van der Waals surface area contributed by atoms with Gasteiger partial charge in [-0.1, -0.05) is 12.1 Å². The minimum absolute atomic E-state index is 0.129. The summed E-state index contributed by atoms with van der Waals surface area (Å²) in [5.74, 6) is 0.587. The minimum Gasteiger partial charge on any atom is -0.346 e. The summed E-state index contributed by atoms with van der Waals surface area (Å²) in [6.45, 7) is 2.49. The fourth-order valence-electron chi connectivity index (χ4n) is 4.19. The van der Waals surface area contributed by atoms with E-state index in [1.165, 1.54) is 6.07 Å². The largest absolute Gasteiger partial charge is 0.346 e. The minimum atomic E-state index is -0.285. The molecule has 0 radical (unpaired) electrons. The van der Waals surface area contributed by atoms with Crippen molar-refractivity contribution >= 4 is 17.4 Å². The number of aromatic nitrogens is 5. The Hall–Kier alpha value is -3.75. The molecule has 4 heterocycles. The van der Waals surface area contributed by atoms with Gasteiger partial charge in [-0.3, -0.25) is 4.79 Å². The van der Waals surface area contributed by atoms with Crippen LogP contribution < -0.4 is 10.2 Å². The Labute approximate surface area is 178 Å². The van der Waals surface area contributed by atoms with Gasteiger partial charge >= 0.3 is 0 Å². The molecule has 1 saturated heterocycles. The molecule has 0 aliphatic carbocycles. The van der Waals surface area contributed by atoms with Crippen molar-refractivity contribution in [2.75, 3.05) is 11.4 Å². The van der Waals surface area contributed by atoms with Crippen molar-refractivity contribution in [1.29, 1.82) is 0 Å². The fraction of sp³-hybridized carbons (Fsp3) is 0.273. The van der Waals surface area contributed by atoms with Gasteiger partial charge in [0, 0.05) is 32.0 Å². The van der Waals surface area contributed by atoms with E-state index < -0.39 is 0 Å². The quantitative estimate of drug-likeness (QED) is 0.550. The zero-order chi connectivity index (χ0) is 21.5. The molecule has 158 valence electrons. The van der Waals surface area contributed by atoms with E-state index in [1.54, 1.807) is 46.9 Å². The van der Waals surface area contributed by atoms with Gasteiger partial charge in [0.25, 0.3) is 5.91 Å². The number of halogens is 1. The lowest BCUT2D eigenvalue weighted by Gasteiger charge is -2.26. The molecule has 5 rings (SSSR count). The summed E-state index contributed by atoms with van der Waals surface area (Å²) in [5, 5.41) is 7.82. The number of amides is 1. The van der Waals surface area contributed by atoms with Gasteiger partial charge in [-0.05, 0) is 43.2 Å². The Balaban J connectivity index is 1.48. The molecule has 1 N–H and O–H groups in total. The third-order valence-corrected chi connectivity index (χ3v) is 5.71. The van der Waals surface area contributed by atoms with Gasteiger partial charge in [0.1, 0.15) is 11.6 Å². The SMILES string of the molecule is Cc1cnc2ccc(N3CC(NC(=O)c4nccn4C)C[C@@H]3c3cccc(F)c3)nn12. The molecule has 1 unspecified atom stereocenters. The Kier molecular flexibility index (Phi) is 4.65. The maximum atomic E-state index is 14.0. The monoisotopic (exact) mass is 419 g/mol. The molecular formula is C22H22FN7O. The number of carbonyl (C=O) groups is 1. The first kappa shape index (κ1) is 19.2. The van der Waals surface area contributed by atoms with Gasteiger partial charge < -0.3 is 14.8 Å². The van der Waals surface area contributed by atoms with Crippen molar-refractivity contribution in [3.63, 3.8) is 0 Å². The van der Waals surface area contributed by atoms with E-state index >= 15 is 0 Å². The van der Waals surface area contributed by atoms with Crippen LogP contribution >= 0.6 is 0 Å². The fourth-order valence-corrected chi connectivity index (χ4v) is 4.19. The van der Waals surface area contributed by atoms with E-state index in [0.29, 0.717) is 18.8 Å². The molecule has 0 saturated carbocycles. The average Bonchev–Trinajstić information content (AvgIpc) is 3.47. The highest BCUT2D eigenvalue weighted by Gasteiger charge is 2.35. The van der Waals surface area contributed by atoms with Crippen LogP contribution in [-0.4, -0.2) is 42.6 Å². The number of fused-ring (bicyclic) bond motifs is 1. The van der Waals surface area contributed by atoms with Gasteiger partial charge in [0.15, 0.2) is 11.5 Å². The molecule has 0 spiro atoms. The van der Waals surface area contributed by atoms with Crippen molar-refractivity contribution < 1.29 is 9.18 Å². The van der Waals surface area contributed by atoms with E-state index in [1.807, 2.05) is 25.1 Å². The van der Waals surface area contributed by atoms with E-state index in [-0.39, 0.29) is 23.8 Å². The number of nitrogens with one attached hydrogen (secondary N) is 1. The van der Waals surface area contributed by atoms with E-state index in [2.05, 4.69) is 20.2 Å². The summed E-state index contributed by atoms with van der Waals surface area (Å²) < 4.78 is 17.5. The Morgan fingerprint density at radius 1 is 1.23 bits per heavy atom. The lowest BCUT2D eigenvalue weighted by Crippen LogP contribution is -2.38. The normalized spacial score (nSPS) is 18.6. The predicted molar refractivity (Wildman–Crippen MR) is 113 cm³/mol. The second kappa shape index (κ2) is 7.50. The third kappa shape index (κ3) is 3.52. The van der Waals surface area contributed by atoms with Gasteiger partial charge in [0.05, 0.1) is 17.9 Å². The topological polar surface area (TPSA) is 80.3 Å². The van der Waals surface area contributed by atoms with Crippen molar-refractivity contribution in [1.82, 2.24) is 29.5 Å². The van der Waals surface area contributed by atoms with Gasteiger partial charge in [-0.15, -0.1) is 5.10 Å². The highest BCUT2D eigenvalue weighted by Crippen LogP contribution is 2.36. The number of hydrogen-bond acceptors (Lipinski definition) is 5. The zero-order valence-electron chi connectivity index (χ0n) is 17.2. The number of benzene rings is 1. The van der Waals surface area contributed by atoms with Crippen LogP contribution in [0.3, 0.4) is 0 Å². The summed E-state index contributed by atoms with van der Waals surface area (Å²) in [6, 6.07) is 10.2. The van der Waals surface area contributed by atoms with Crippen LogP contribution in [0.2, 0.25) is 0 Å². The molecule has 31 heavy (non-hydrogen) atoms. The highest BCUT2D eigenvalue weighted by atomic mass is 19.1. The molecule has 4 aromatic rings. The highest BCUT2D eigenvalue weighted by molar-refractivity contribution is 5.91. The number of rotatable bonds is 4. The van der Waals surface area contributed by atoms with Crippen LogP contribution in [0.25, 0.3) is 5.65 Å². The second-order valence-corrected chi connectivity index (χ2v) is 7.85. The molecule has 1 aliphatic heterocycles. The molecule has 2 atom stereocenters. The van der Waals surface area contributed by atoms with Gasteiger partial charge in [-0.2, -0.15) is 0 Å². The van der Waals surface area contributed by atoms with Crippen LogP contribution in [0.1, 0.15) is 34.3 Å². The maximum Gasteiger partial charge on any atom is 0.287 e. The molecule has 9 heteroatoms. The Morgan fingerprint density at radius 2 is 2.10 bits per heavy atom. The number of anilines is 1. The molecule has 1 aliphatic rings. The van der Waals surface area contributed by atoms with Crippen molar-refractivity contribution in [2.45, 2.75) is 25.4 Å². The molecule has 1 amide bonds. The summed E-state index contributed by atoms with van der Waals surface area (Å²) in [7, 11) is 1.78. The van der Waals surface area contributed by atoms with Crippen LogP contribution in [0.5, 0.6) is 0 Å². The molecular weight excluding hydrogens is 397 g/mol. The molecule has 8 nitrogen and oxygen atoms in total. The smallest absolute Gasteiger partial charge is 0.287 e. The predicted octanol–water partition coefficient (Wildman–Crippen LogP) is 2.66. The first-order chi connectivity index (χ1) is 15.0. The maximum absolute atomic E-state index is 14.0. The van der Waals surface area contributed by atoms with E-state index in [0.717, 1.165) is 22.7 Å². The summed E-state index contributed by atoms with van der Waals surface area (Å²) >= 11 is 0. The standard InChI is InChI=1S/C22H22FN7O/c1-14-12-25-19-6-7-20(27-30(14)19)29-13-17(26-22(31)21-24-8-9-28(21)2)11-18(29)15-4-3-5-16(23)10-15/h3-10,12,17-18H,11,13H2,1-2H3,(H,26,31)/t17?,18-/m1/s1. The number of nitrogens with zero attached hydrogens (tertiary/aromatic N) is 6. The number of aryl methyl sites for hydroxylation is 2.